The molecule has 17 heavy (non-hydrogen) atoms. The molecular weight excluding hydrogens is 232 g/mol. The van der Waals surface area contributed by atoms with Crippen LogP contribution in [0.15, 0.2) is 17.6 Å². The van der Waals surface area contributed by atoms with E-state index in [0.29, 0.717) is 17.9 Å². The van der Waals surface area contributed by atoms with Gasteiger partial charge in [-0.2, -0.15) is 5.26 Å². The van der Waals surface area contributed by atoms with Crippen molar-refractivity contribution in [3.05, 3.63) is 39.5 Å². The van der Waals surface area contributed by atoms with Crippen LogP contribution in [0, 0.1) is 25.2 Å². The molecule has 1 N–H and O–H groups in total. The summed E-state index contributed by atoms with van der Waals surface area (Å²) in [6.45, 7) is 4.47. The van der Waals surface area contributed by atoms with Crippen LogP contribution in [0.5, 0.6) is 0 Å². The molecule has 0 amide bonds. The predicted molar refractivity (Wildman–Crippen MR) is 67.9 cm³/mol. The van der Waals surface area contributed by atoms with Crippen LogP contribution < -0.4 is 5.32 Å². The van der Waals surface area contributed by atoms with Crippen molar-refractivity contribution in [2.45, 2.75) is 20.4 Å². The number of nitrogens with zero attached hydrogens (tertiary/aromatic N) is 3. The van der Waals surface area contributed by atoms with Crippen LogP contribution in [0.25, 0.3) is 0 Å². The number of rotatable bonds is 3. The first-order chi connectivity index (χ1) is 8.20. The summed E-state index contributed by atoms with van der Waals surface area (Å²) in [5.74, 6) is 0.625. The Morgan fingerprint density at radius 1 is 1.47 bits per heavy atom. The molecule has 0 aliphatic carbocycles. The largest absolute Gasteiger partial charge is 0.362 e. The van der Waals surface area contributed by atoms with Gasteiger partial charge in [0.05, 0.1) is 12.1 Å². The summed E-state index contributed by atoms with van der Waals surface area (Å²) >= 11 is 1.60. The van der Waals surface area contributed by atoms with Crippen molar-refractivity contribution in [1.82, 2.24) is 9.97 Å². The van der Waals surface area contributed by atoms with Gasteiger partial charge in [0.1, 0.15) is 16.9 Å². The minimum atomic E-state index is 0.598. The highest BCUT2D eigenvalue weighted by Crippen LogP contribution is 2.17. The van der Waals surface area contributed by atoms with Crippen molar-refractivity contribution < 1.29 is 0 Å². The highest BCUT2D eigenvalue weighted by Gasteiger charge is 2.06. The van der Waals surface area contributed by atoms with Gasteiger partial charge in [-0.3, -0.25) is 0 Å². The van der Waals surface area contributed by atoms with Gasteiger partial charge >= 0.3 is 0 Å². The lowest BCUT2D eigenvalue weighted by molar-refractivity contribution is 1.05. The summed E-state index contributed by atoms with van der Waals surface area (Å²) < 4.78 is 0. The molecule has 0 fully saturated rings. The number of hydrogen-bond acceptors (Lipinski definition) is 5. The Balaban J connectivity index is 2.14. The number of aryl methyl sites for hydroxylation is 2. The van der Waals surface area contributed by atoms with E-state index < -0.39 is 0 Å². The molecule has 0 saturated carbocycles. The fourth-order valence-electron chi connectivity index (χ4n) is 1.48. The van der Waals surface area contributed by atoms with E-state index in [4.69, 9.17) is 5.26 Å². The van der Waals surface area contributed by atoms with E-state index in [0.717, 1.165) is 16.3 Å². The van der Waals surface area contributed by atoms with E-state index in [1.165, 1.54) is 0 Å². The molecule has 0 atom stereocenters. The van der Waals surface area contributed by atoms with Crippen LogP contribution in [0.3, 0.4) is 0 Å². The fourth-order valence-corrected chi connectivity index (χ4v) is 2.19. The predicted octanol–water partition coefficient (Wildman–Crippen LogP) is 2.64. The molecule has 0 unspecified atom stereocenters. The number of hydrogen-bond donors (Lipinski definition) is 1. The molecule has 0 saturated heterocycles. The van der Waals surface area contributed by atoms with E-state index in [-0.39, 0.29) is 0 Å². The third-order valence-electron chi connectivity index (χ3n) is 2.34. The first kappa shape index (κ1) is 11.6. The standard InChI is InChI=1S/C12H12N4S/c1-8-3-4-14-12(10(8)5-13)15-6-11-16-9(2)7-17-11/h3-4,7H,6H2,1-2H3,(H,14,15). The second kappa shape index (κ2) is 4.93. The summed E-state index contributed by atoms with van der Waals surface area (Å²) in [6.07, 6.45) is 1.70. The topological polar surface area (TPSA) is 61.6 Å². The first-order valence-electron chi connectivity index (χ1n) is 5.21. The van der Waals surface area contributed by atoms with E-state index in [2.05, 4.69) is 21.4 Å². The third kappa shape index (κ3) is 2.60. The van der Waals surface area contributed by atoms with Crippen molar-refractivity contribution >= 4 is 17.2 Å². The zero-order valence-electron chi connectivity index (χ0n) is 9.69. The smallest absolute Gasteiger partial charge is 0.144 e. The molecule has 0 bridgehead atoms. The van der Waals surface area contributed by atoms with Crippen LogP contribution in [0.2, 0.25) is 0 Å². The van der Waals surface area contributed by atoms with Gasteiger partial charge in [-0.25, -0.2) is 9.97 Å². The zero-order chi connectivity index (χ0) is 12.3. The highest BCUT2D eigenvalue weighted by molar-refractivity contribution is 7.09. The van der Waals surface area contributed by atoms with Crippen LogP contribution in [0.4, 0.5) is 5.82 Å². The van der Waals surface area contributed by atoms with Crippen molar-refractivity contribution in [1.29, 1.82) is 5.26 Å². The van der Waals surface area contributed by atoms with Crippen LogP contribution in [-0.4, -0.2) is 9.97 Å². The monoisotopic (exact) mass is 244 g/mol. The average Bonchev–Trinajstić information content (AvgIpc) is 2.72. The number of thiazole rings is 1. The Morgan fingerprint density at radius 3 is 2.94 bits per heavy atom. The molecule has 0 aromatic carbocycles. The van der Waals surface area contributed by atoms with Gasteiger partial charge in [0.2, 0.25) is 0 Å². The van der Waals surface area contributed by atoms with Gasteiger partial charge in [-0.15, -0.1) is 11.3 Å². The van der Waals surface area contributed by atoms with Crippen molar-refractivity contribution in [3.8, 4) is 6.07 Å². The van der Waals surface area contributed by atoms with E-state index in [1.807, 2.05) is 25.3 Å². The Hall–Kier alpha value is -1.93. The number of nitriles is 1. The molecule has 4 nitrogen and oxygen atoms in total. The molecule has 2 aromatic heterocycles. The number of aromatic nitrogens is 2. The summed E-state index contributed by atoms with van der Waals surface area (Å²) in [6, 6.07) is 3.99. The molecule has 0 aliphatic heterocycles. The molecule has 0 spiro atoms. The Bertz CT molecular complexity index is 568. The number of pyridine rings is 1. The molecule has 5 heteroatoms. The lowest BCUT2D eigenvalue weighted by atomic mass is 10.1. The summed E-state index contributed by atoms with van der Waals surface area (Å²) in [4.78, 5) is 8.52. The van der Waals surface area contributed by atoms with Gasteiger partial charge in [0, 0.05) is 17.3 Å². The average molecular weight is 244 g/mol. The second-order valence-electron chi connectivity index (χ2n) is 3.70. The van der Waals surface area contributed by atoms with Crippen LogP contribution >= 0.6 is 11.3 Å². The summed E-state index contributed by atoms with van der Waals surface area (Å²) in [5.41, 5.74) is 2.55. The lowest BCUT2D eigenvalue weighted by Gasteiger charge is -2.06. The molecular formula is C12H12N4S. The van der Waals surface area contributed by atoms with Crippen LogP contribution in [0.1, 0.15) is 21.8 Å². The van der Waals surface area contributed by atoms with Crippen molar-refractivity contribution in [2.75, 3.05) is 5.32 Å². The second-order valence-corrected chi connectivity index (χ2v) is 4.64. The minimum absolute atomic E-state index is 0.598. The molecule has 2 rings (SSSR count). The van der Waals surface area contributed by atoms with E-state index in [9.17, 15) is 0 Å². The lowest BCUT2D eigenvalue weighted by Crippen LogP contribution is -2.04. The van der Waals surface area contributed by atoms with E-state index in [1.54, 1.807) is 17.5 Å². The van der Waals surface area contributed by atoms with Gasteiger partial charge in [0.25, 0.3) is 0 Å². The van der Waals surface area contributed by atoms with Gasteiger partial charge in [-0.05, 0) is 25.5 Å². The SMILES string of the molecule is Cc1csc(CNc2nccc(C)c2C#N)n1. The van der Waals surface area contributed by atoms with E-state index >= 15 is 0 Å². The van der Waals surface area contributed by atoms with Crippen molar-refractivity contribution in [2.24, 2.45) is 0 Å². The molecule has 2 heterocycles. The Kier molecular flexibility index (Phi) is 3.35. The van der Waals surface area contributed by atoms with Crippen LogP contribution in [-0.2, 0) is 6.54 Å². The van der Waals surface area contributed by atoms with Crippen molar-refractivity contribution in [3.63, 3.8) is 0 Å². The molecule has 0 radical (unpaired) electrons. The number of nitrogens with one attached hydrogen (secondary N) is 1. The number of anilines is 1. The maximum absolute atomic E-state index is 9.06. The minimum Gasteiger partial charge on any atom is -0.362 e. The fraction of sp³-hybridized carbons (Fsp3) is 0.250. The molecule has 2 aromatic rings. The third-order valence-corrected chi connectivity index (χ3v) is 3.31. The normalized spacial score (nSPS) is 9.94. The maximum Gasteiger partial charge on any atom is 0.144 e. The Morgan fingerprint density at radius 2 is 2.29 bits per heavy atom. The zero-order valence-corrected chi connectivity index (χ0v) is 10.5. The van der Waals surface area contributed by atoms with Gasteiger partial charge in [-0.1, -0.05) is 0 Å². The van der Waals surface area contributed by atoms with Gasteiger partial charge < -0.3 is 5.32 Å². The summed E-state index contributed by atoms with van der Waals surface area (Å²) in [5, 5.41) is 15.2. The highest BCUT2D eigenvalue weighted by atomic mass is 32.1. The quantitative estimate of drug-likeness (QED) is 0.901. The summed E-state index contributed by atoms with van der Waals surface area (Å²) in [7, 11) is 0. The Labute approximate surface area is 104 Å². The molecule has 86 valence electrons. The van der Waals surface area contributed by atoms with Gasteiger partial charge in [0.15, 0.2) is 0 Å². The first-order valence-corrected chi connectivity index (χ1v) is 6.09. The molecule has 0 aliphatic rings. The maximum atomic E-state index is 9.06.